The predicted octanol–water partition coefficient (Wildman–Crippen LogP) is 5.95. The van der Waals surface area contributed by atoms with E-state index < -0.39 is 6.04 Å². The molecule has 1 N–H and O–H groups in total. The second-order valence-corrected chi connectivity index (χ2v) is 9.70. The average Bonchev–Trinajstić information content (AvgIpc) is 2.75. The molecule has 2 amide bonds. The van der Waals surface area contributed by atoms with Crippen molar-refractivity contribution in [1.82, 2.24) is 10.2 Å². The molecule has 2 aromatic rings. The van der Waals surface area contributed by atoms with Gasteiger partial charge in [0.25, 0.3) is 0 Å². The Bertz CT molecular complexity index is 889. The monoisotopic (exact) mass is 498 g/mol. The summed E-state index contributed by atoms with van der Waals surface area (Å²) in [6.45, 7) is 6.57. The molecule has 1 atom stereocenters. The Morgan fingerprint density at radius 1 is 1.09 bits per heavy atom. The number of hydrogen-bond donors (Lipinski definition) is 1. The van der Waals surface area contributed by atoms with Crippen molar-refractivity contribution in [3.8, 4) is 0 Å². The summed E-state index contributed by atoms with van der Waals surface area (Å²) in [7, 11) is 0. The Kier molecular flexibility index (Phi) is 10.8. The van der Waals surface area contributed by atoms with Gasteiger partial charge in [0, 0.05) is 34.5 Å². The number of thioether (sulfide) groups is 1. The predicted molar refractivity (Wildman–Crippen MR) is 132 cm³/mol. The zero-order valence-electron chi connectivity index (χ0n) is 18.5. The van der Waals surface area contributed by atoms with Crippen LogP contribution in [0.4, 0.5) is 4.39 Å². The van der Waals surface area contributed by atoms with E-state index in [2.05, 4.69) is 5.32 Å². The fraction of sp³-hybridized carbons (Fsp3) is 0.417. The van der Waals surface area contributed by atoms with E-state index in [1.807, 2.05) is 20.8 Å². The van der Waals surface area contributed by atoms with Crippen molar-refractivity contribution < 1.29 is 14.0 Å². The van der Waals surface area contributed by atoms with Crippen LogP contribution in [0.2, 0.25) is 10.0 Å². The Morgan fingerprint density at radius 2 is 1.72 bits per heavy atom. The molecule has 0 heterocycles. The average molecular weight is 499 g/mol. The van der Waals surface area contributed by atoms with Gasteiger partial charge >= 0.3 is 0 Å². The summed E-state index contributed by atoms with van der Waals surface area (Å²) in [5.41, 5.74) is 1.54. The summed E-state index contributed by atoms with van der Waals surface area (Å²) in [5, 5.41) is 3.83. The first-order valence-electron chi connectivity index (χ1n) is 10.5. The van der Waals surface area contributed by atoms with E-state index in [9.17, 15) is 14.0 Å². The van der Waals surface area contributed by atoms with Crippen molar-refractivity contribution in [2.45, 2.75) is 45.5 Å². The largest absolute Gasteiger partial charge is 0.354 e. The molecular formula is C24H29Cl2FN2O2S. The molecule has 0 aliphatic carbocycles. The first-order valence-corrected chi connectivity index (χ1v) is 12.5. The number of hydrogen-bond acceptors (Lipinski definition) is 3. The lowest BCUT2D eigenvalue weighted by molar-refractivity contribution is -0.139. The molecule has 0 radical (unpaired) electrons. The van der Waals surface area contributed by atoms with Crippen LogP contribution in [0, 0.1) is 11.7 Å². The third-order valence-corrected chi connectivity index (χ3v) is 6.56. The molecule has 2 aromatic carbocycles. The maximum Gasteiger partial charge on any atom is 0.242 e. The van der Waals surface area contributed by atoms with E-state index in [4.69, 9.17) is 23.2 Å². The standard InChI is InChI=1S/C24H29Cl2FN2O2S/c1-4-22(24(31)28-12-16(2)3)29(13-19-20(25)6-5-7-21(19)26)23(30)15-32-14-17-8-10-18(27)11-9-17/h5-11,16,22H,4,12-15H2,1-3H3,(H,28,31)/t22-/m0/s1. The quantitative estimate of drug-likeness (QED) is 0.416. The molecule has 4 nitrogen and oxygen atoms in total. The molecule has 0 fully saturated rings. The van der Waals surface area contributed by atoms with Crippen LogP contribution in [-0.2, 0) is 21.9 Å². The van der Waals surface area contributed by atoms with E-state index in [0.717, 1.165) is 5.56 Å². The van der Waals surface area contributed by atoms with Gasteiger partial charge in [0.15, 0.2) is 0 Å². The van der Waals surface area contributed by atoms with Crippen LogP contribution in [0.25, 0.3) is 0 Å². The highest BCUT2D eigenvalue weighted by Crippen LogP contribution is 2.27. The lowest BCUT2D eigenvalue weighted by atomic mass is 10.1. The van der Waals surface area contributed by atoms with Gasteiger partial charge in [-0.25, -0.2) is 4.39 Å². The van der Waals surface area contributed by atoms with Crippen molar-refractivity contribution in [3.05, 3.63) is 69.5 Å². The molecule has 0 bridgehead atoms. The number of rotatable bonds is 11. The lowest BCUT2D eigenvalue weighted by Crippen LogP contribution is -2.50. The summed E-state index contributed by atoms with van der Waals surface area (Å²) < 4.78 is 13.1. The molecule has 0 saturated heterocycles. The number of amides is 2. The number of halogens is 3. The van der Waals surface area contributed by atoms with Gasteiger partial charge < -0.3 is 10.2 Å². The normalized spacial score (nSPS) is 12.0. The molecule has 0 aliphatic heterocycles. The number of carbonyl (C=O) groups excluding carboxylic acids is 2. The zero-order valence-corrected chi connectivity index (χ0v) is 20.9. The van der Waals surface area contributed by atoms with Crippen LogP contribution in [0.1, 0.15) is 38.3 Å². The van der Waals surface area contributed by atoms with Crippen molar-refractivity contribution in [3.63, 3.8) is 0 Å². The van der Waals surface area contributed by atoms with E-state index in [0.29, 0.717) is 40.2 Å². The molecule has 0 unspecified atom stereocenters. The van der Waals surface area contributed by atoms with E-state index in [1.54, 1.807) is 35.2 Å². The summed E-state index contributed by atoms with van der Waals surface area (Å²) in [6, 6.07) is 10.7. The smallest absolute Gasteiger partial charge is 0.242 e. The van der Waals surface area contributed by atoms with Crippen LogP contribution in [0.5, 0.6) is 0 Å². The molecule has 0 saturated carbocycles. The van der Waals surface area contributed by atoms with Gasteiger partial charge in [-0.2, -0.15) is 0 Å². The van der Waals surface area contributed by atoms with Crippen molar-refractivity contribution in [2.24, 2.45) is 5.92 Å². The summed E-state index contributed by atoms with van der Waals surface area (Å²) in [6.07, 6.45) is 0.459. The van der Waals surface area contributed by atoms with Gasteiger partial charge in [-0.05, 0) is 42.2 Å². The fourth-order valence-corrected chi connectivity index (χ4v) is 4.50. The highest BCUT2D eigenvalue weighted by Gasteiger charge is 2.29. The van der Waals surface area contributed by atoms with E-state index in [1.165, 1.54) is 23.9 Å². The molecule has 2 rings (SSSR count). The number of nitrogens with one attached hydrogen (secondary N) is 1. The number of benzene rings is 2. The fourth-order valence-electron chi connectivity index (χ4n) is 3.12. The second kappa shape index (κ2) is 13.1. The highest BCUT2D eigenvalue weighted by atomic mass is 35.5. The molecule has 0 aliphatic rings. The third-order valence-electron chi connectivity index (χ3n) is 4.87. The van der Waals surface area contributed by atoms with Crippen molar-refractivity contribution in [1.29, 1.82) is 0 Å². The molecule has 8 heteroatoms. The minimum Gasteiger partial charge on any atom is -0.354 e. The van der Waals surface area contributed by atoms with Gasteiger partial charge in [-0.15, -0.1) is 11.8 Å². The maximum absolute atomic E-state index is 13.2. The van der Waals surface area contributed by atoms with Gasteiger partial charge in [-0.3, -0.25) is 9.59 Å². The van der Waals surface area contributed by atoms with Crippen molar-refractivity contribution >= 4 is 46.8 Å². The van der Waals surface area contributed by atoms with Gasteiger partial charge in [0.05, 0.1) is 5.75 Å². The Morgan fingerprint density at radius 3 is 2.28 bits per heavy atom. The Hall–Kier alpha value is -1.76. The van der Waals surface area contributed by atoms with Crippen LogP contribution < -0.4 is 5.32 Å². The van der Waals surface area contributed by atoms with Crippen molar-refractivity contribution in [2.75, 3.05) is 12.3 Å². The number of nitrogens with zero attached hydrogens (tertiary/aromatic N) is 1. The van der Waals surface area contributed by atoms with E-state index in [-0.39, 0.29) is 29.9 Å². The summed E-state index contributed by atoms with van der Waals surface area (Å²) in [5.74, 6) is 0.359. The minimum atomic E-state index is -0.639. The maximum atomic E-state index is 13.2. The van der Waals surface area contributed by atoms with Crippen LogP contribution >= 0.6 is 35.0 Å². The van der Waals surface area contributed by atoms with E-state index >= 15 is 0 Å². The molecular weight excluding hydrogens is 470 g/mol. The van der Waals surface area contributed by atoms with Crippen LogP contribution in [0.3, 0.4) is 0 Å². The van der Waals surface area contributed by atoms with Gasteiger partial charge in [0.2, 0.25) is 11.8 Å². The summed E-state index contributed by atoms with van der Waals surface area (Å²) >= 11 is 14.1. The first-order chi connectivity index (χ1) is 15.2. The minimum absolute atomic E-state index is 0.141. The van der Waals surface area contributed by atoms with Gasteiger partial charge in [0.1, 0.15) is 11.9 Å². The van der Waals surface area contributed by atoms with Gasteiger partial charge in [-0.1, -0.05) is 62.2 Å². The zero-order chi connectivity index (χ0) is 23.7. The molecule has 32 heavy (non-hydrogen) atoms. The van der Waals surface area contributed by atoms with Crippen LogP contribution in [-0.4, -0.2) is 35.1 Å². The molecule has 174 valence electrons. The Balaban J connectivity index is 2.18. The molecule has 0 spiro atoms. The lowest BCUT2D eigenvalue weighted by Gasteiger charge is -2.31. The second-order valence-electron chi connectivity index (χ2n) is 7.90. The molecule has 0 aromatic heterocycles. The Labute approximate surface area is 203 Å². The number of carbonyl (C=O) groups is 2. The summed E-state index contributed by atoms with van der Waals surface area (Å²) in [4.78, 5) is 27.7. The van der Waals surface area contributed by atoms with Crippen LogP contribution in [0.15, 0.2) is 42.5 Å². The SMILES string of the molecule is CC[C@@H](C(=O)NCC(C)C)N(Cc1c(Cl)cccc1Cl)C(=O)CSCc1ccc(F)cc1. The third kappa shape index (κ3) is 7.98. The first kappa shape index (κ1) is 26.5. The highest BCUT2D eigenvalue weighted by molar-refractivity contribution is 7.99. The topological polar surface area (TPSA) is 49.4 Å².